The zero-order valence-corrected chi connectivity index (χ0v) is 22.6. The van der Waals surface area contributed by atoms with Crippen molar-refractivity contribution in [3.05, 3.63) is 82.8 Å². The average Bonchev–Trinajstić information content (AvgIpc) is 3.30. The number of benzene rings is 2. The van der Waals surface area contributed by atoms with Crippen LogP contribution in [0.25, 0.3) is 5.82 Å². The minimum absolute atomic E-state index is 0.0731. The predicted octanol–water partition coefficient (Wildman–Crippen LogP) is 5.84. The summed E-state index contributed by atoms with van der Waals surface area (Å²) in [5, 5.41) is 16.6. The molecule has 0 atom stereocenters. The number of hydrogen-bond acceptors (Lipinski definition) is 7. The fourth-order valence-electron chi connectivity index (χ4n) is 4.04. The van der Waals surface area contributed by atoms with Crippen LogP contribution in [-0.4, -0.2) is 39.2 Å². The number of rotatable bonds is 10. The number of carbonyl (C=O) groups excluding carboxylic acids is 1. The van der Waals surface area contributed by atoms with Crippen molar-refractivity contribution in [3.8, 4) is 5.82 Å². The van der Waals surface area contributed by atoms with E-state index in [0.717, 1.165) is 29.8 Å². The Morgan fingerprint density at radius 3 is 2.55 bits per heavy atom. The average molecular weight is 553 g/mol. The molecule has 2 aromatic carbocycles. The molecule has 2 aromatic heterocycles. The van der Waals surface area contributed by atoms with Crippen LogP contribution in [0.1, 0.15) is 46.1 Å². The summed E-state index contributed by atoms with van der Waals surface area (Å²) in [5.41, 5.74) is 2.17. The Hall–Kier alpha value is -4.45. The fraction of sp³-hybridized carbons (Fsp3) is 0.286. The van der Waals surface area contributed by atoms with E-state index in [0.29, 0.717) is 40.9 Å². The third kappa shape index (κ3) is 6.94. The highest BCUT2D eigenvalue weighted by Gasteiger charge is 2.31. The molecular weight excluding hydrogens is 521 g/mol. The minimum Gasteiger partial charge on any atom is -0.373 e. The summed E-state index contributed by atoms with van der Waals surface area (Å²) in [7, 11) is 1.76. The van der Waals surface area contributed by atoms with E-state index in [4.69, 9.17) is 0 Å². The summed E-state index contributed by atoms with van der Waals surface area (Å²) in [5.74, 6) is 1.17. The van der Waals surface area contributed by atoms with Gasteiger partial charge >= 0.3 is 6.18 Å². The molecule has 40 heavy (non-hydrogen) atoms. The number of anilines is 4. The molecule has 0 aliphatic heterocycles. The van der Waals surface area contributed by atoms with Crippen LogP contribution >= 0.6 is 0 Å². The van der Waals surface area contributed by atoms with Gasteiger partial charge in [-0.05, 0) is 68.3 Å². The summed E-state index contributed by atoms with van der Waals surface area (Å²) in [4.78, 5) is 21.5. The molecule has 4 aromatic rings. The molecule has 0 bridgehead atoms. The first-order valence-corrected chi connectivity index (χ1v) is 12.7. The van der Waals surface area contributed by atoms with Crippen LogP contribution in [0.4, 0.5) is 36.2 Å². The molecule has 0 spiro atoms. The highest BCUT2D eigenvalue weighted by atomic mass is 19.4. The van der Waals surface area contributed by atoms with Crippen molar-refractivity contribution in [2.75, 3.05) is 29.5 Å². The van der Waals surface area contributed by atoms with Gasteiger partial charge in [0.15, 0.2) is 5.82 Å². The number of nitrogens with zero attached hydrogens (tertiary/aromatic N) is 4. The fourth-order valence-corrected chi connectivity index (χ4v) is 4.04. The largest absolute Gasteiger partial charge is 0.416 e. The van der Waals surface area contributed by atoms with Crippen LogP contribution in [0.5, 0.6) is 0 Å². The van der Waals surface area contributed by atoms with E-state index in [1.165, 1.54) is 12.4 Å². The highest BCUT2D eigenvalue weighted by molar-refractivity contribution is 6.04. The van der Waals surface area contributed by atoms with Crippen LogP contribution in [0, 0.1) is 13.8 Å². The molecule has 0 aliphatic carbocycles. The third-order valence-electron chi connectivity index (χ3n) is 6.05. The lowest BCUT2D eigenvalue weighted by atomic mass is 10.0. The van der Waals surface area contributed by atoms with Crippen LogP contribution in [0.3, 0.4) is 0 Å². The van der Waals surface area contributed by atoms with E-state index < -0.39 is 17.6 Å². The molecule has 4 rings (SSSR count). The second kappa shape index (κ2) is 12.2. The van der Waals surface area contributed by atoms with Crippen molar-refractivity contribution >= 4 is 28.9 Å². The molecule has 0 radical (unpaired) electrons. The van der Waals surface area contributed by atoms with Gasteiger partial charge in [-0.15, -0.1) is 0 Å². The maximum absolute atomic E-state index is 13.6. The lowest BCUT2D eigenvalue weighted by molar-refractivity contribution is -0.137. The van der Waals surface area contributed by atoms with E-state index in [1.54, 1.807) is 29.9 Å². The molecule has 9 nitrogen and oxygen atoms in total. The van der Waals surface area contributed by atoms with Gasteiger partial charge < -0.3 is 21.3 Å². The Morgan fingerprint density at radius 2 is 1.82 bits per heavy atom. The predicted molar refractivity (Wildman–Crippen MR) is 149 cm³/mol. The van der Waals surface area contributed by atoms with Gasteiger partial charge in [0.25, 0.3) is 5.91 Å². The molecule has 0 aliphatic rings. The smallest absolute Gasteiger partial charge is 0.373 e. The van der Waals surface area contributed by atoms with Crippen molar-refractivity contribution in [3.63, 3.8) is 0 Å². The van der Waals surface area contributed by atoms with E-state index in [1.807, 2.05) is 32.9 Å². The van der Waals surface area contributed by atoms with E-state index >= 15 is 0 Å². The molecule has 0 fully saturated rings. The Labute approximate surface area is 230 Å². The normalized spacial score (nSPS) is 11.4. The third-order valence-corrected chi connectivity index (χ3v) is 6.05. The summed E-state index contributed by atoms with van der Waals surface area (Å²) < 4.78 is 42.3. The van der Waals surface area contributed by atoms with Gasteiger partial charge in [-0.1, -0.05) is 13.0 Å². The number of hydrogen-bond donors (Lipinski definition) is 4. The maximum Gasteiger partial charge on any atom is 0.416 e. The Bertz CT molecular complexity index is 1500. The topological polar surface area (TPSA) is 109 Å². The van der Waals surface area contributed by atoms with Gasteiger partial charge in [0.05, 0.1) is 11.3 Å². The van der Waals surface area contributed by atoms with Gasteiger partial charge in [0.1, 0.15) is 18.0 Å². The number of nitrogens with one attached hydrogen (secondary N) is 4. The zero-order chi connectivity index (χ0) is 28.9. The first kappa shape index (κ1) is 28.6. The molecule has 210 valence electrons. The Balaban J connectivity index is 1.59. The van der Waals surface area contributed by atoms with Crippen LogP contribution in [-0.2, 0) is 12.7 Å². The van der Waals surface area contributed by atoms with Gasteiger partial charge in [-0.25, -0.2) is 9.97 Å². The number of halogens is 3. The van der Waals surface area contributed by atoms with E-state index in [-0.39, 0.29) is 12.1 Å². The van der Waals surface area contributed by atoms with Crippen LogP contribution in [0.15, 0.2) is 54.9 Å². The van der Waals surface area contributed by atoms with Crippen molar-refractivity contribution in [1.29, 1.82) is 0 Å². The van der Waals surface area contributed by atoms with Gasteiger partial charge in [0, 0.05) is 42.7 Å². The molecule has 4 N–H and O–H groups in total. The number of aromatic nitrogens is 4. The number of aryl methyl sites for hydroxylation is 2. The van der Waals surface area contributed by atoms with Crippen molar-refractivity contribution < 1.29 is 18.0 Å². The minimum atomic E-state index is -4.57. The molecule has 2 heterocycles. The summed E-state index contributed by atoms with van der Waals surface area (Å²) in [6.45, 7) is 6.60. The molecule has 1 amide bonds. The molecule has 12 heteroatoms. The van der Waals surface area contributed by atoms with Crippen LogP contribution < -0.4 is 21.3 Å². The van der Waals surface area contributed by atoms with Gasteiger partial charge in [-0.3, -0.25) is 4.79 Å². The zero-order valence-electron chi connectivity index (χ0n) is 22.6. The maximum atomic E-state index is 13.6. The summed E-state index contributed by atoms with van der Waals surface area (Å²) in [6.07, 6.45) is -2.30. The van der Waals surface area contributed by atoms with E-state index in [2.05, 4.69) is 36.3 Å². The second-order valence-corrected chi connectivity index (χ2v) is 9.30. The molecule has 0 unspecified atom stereocenters. The summed E-state index contributed by atoms with van der Waals surface area (Å²) in [6, 6.07) is 12.2. The van der Waals surface area contributed by atoms with Gasteiger partial charge in [-0.2, -0.15) is 23.0 Å². The number of alkyl halides is 3. The Morgan fingerprint density at radius 1 is 1.02 bits per heavy atom. The molecular formula is C28H31F3N8O. The van der Waals surface area contributed by atoms with Crippen molar-refractivity contribution in [2.45, 2.75) is 39.9 Å². The second-order valence-electron chi connectivity index (χ2n) is 9.30. The monoisotopic (exact) mass is 552 g/mol. The lowest BCUT2D eigenvalue weighted by Gasteiger charge is -2.15. The first-order chi connectivity index (χ1) is 19.1. The van der Waals surface area contributed by atoms with Crippen molar-refractivity contribution in [2.24, 2.45) is 0 Å². The SMILES string of the molecule is CCCNCc1cc(C(=O)Nc2ccc(C)c(Nc3cc(C)nn3-c3cc(NC)ncn3)c2)cc(C(F)(F)F)c1. The van der Waals surface area contributed by atoms with Gasteiger partial charge in [0.2, 0.25) is 0 Å². The van der Waals surface area contributed by atoms with Crippen molar-refractivity contribution in [1.82, 2.24) is 25.1 Å². The standard InChI is InChI=1S/C28H31F3N8O/c1-5-8-33-15-19-10-20(12-21(11-19)28(29,30)31)27(40)36-22-7-6-17(2)23(13-22)37-26-9-18(3)38-39(26)25-14-24(32-4)34-16-35-25/h6-7,9-14,16,33,37H,5,8,15H2,1-4H3,(H,36,40)(H,32,34,35). The number of carbonyl (C=O) groups is 1. The quantitative estimate of drug-likeness (QED) is 0.183. The highest BCUT2D eigenvalue weighted by Crippen LogP contribution is 2.31. The van der Waals surface area contributed by atoms with E-state index in [9.17, 15) is 18.0 Å². The molecule has 0 saturated heterocycles. The Kier molecular flexibility index (Phi) is 8.68. The van der Waals surface area contributed by atoms with Crippen LogP contribution in [0.2, 0.25) is 0 Å². The molecule has 0 saturated carbocycles. The first-order valence-electron chi connectivity index (χ1n) is 12.7. The number of amides is 1. The summed E-state index contributed by atoms with van der Waals surface area (Å²) >= 11 is 0. The lowest BCUT2D eigenvalue weighted by Crippen LogP contribution is -2.18.